The van der Waals surface area contributed by atoms with Crippen LogP contribution in [0.2, 0.25) is 0 Å². The molecule has 0 saturated heterocycles. The van der Waals surface area contributed by atoms with Crippen molar-refractivity contribution in [1.82, 2.24) is 0 Å². The molecule has 0 bridgehead atoms. The number of benzene rings is 4. The van der Waals surface area contributed by atoms with E-state index in [0.717, 1.165) is 44.5 Å². The first-order valence-corrected chi connectivity index (χ1v) is 11.0. The van der Waals surface area contributed by atoms with Gasteiger partial charge in [-0.1, -0.05) is 48.5 Å². The highest BCUT2D eigenvalue weighted by atomic mass is 16.6. The summed E-state index contributed by atoms with van der Waals surface area (Å²) in [5.74, 6) is 1.35. The van der Waals surface area contributed by atoms with Crippen LogP contribution < -0.4 is 4.74 Å². The second kappa shape index (κ2) is 9.38. The van der Waals surface area contributed by atoms with Gasteiger partial charge in [-0.3, -0.25) is 20.2 Å². The molecule has 0 heterocycles. The number of nitro groups is 2. The molecule has 4 aromatic rings. The number of hydrogen-bond acceptors (Lipinski definition) is 5. The largest absolute Gasteiger partial charge is 0.456 e. The molecular weight excluding hydrogens is 444 g/mol. The summed E-state index contributed by atoms with van der Waals surface area (Å²) in [5.41, 5.74) is 6.81. The fourth-order valence-electron chi connectivity index (χ4n) is 4.27. The van der Waals surface area contributed by atoms with Crippen LogP contribution in [0, 0.1) is 47.9 Å². The summed E-state index contributed by atoms with van der Waals surface area (Å²) in [5, 5.41) is 22.5. The fourth-order valence-corrected chi connectivity index (χ4v) is 4.27. The Bertz CT molecular complexity index is 1370. The summed E-state index contributed by atoms with van der Waals surface area (Å²) >= 11 is 0. The lowest BCUT2D eigenvalue weighted by Gasteiger charge is -2.20. The third kappa shape index (κ3) is 4.61. The number of nitrogens with zero attached hydrogens (tertiary/aromatic N) is 2. The Morgan fingerprint density at radius 1 is 0.600 bits per heavy atom. The standard InChI is InChI=1S/C28H24N2O5/c1-17-11-13-25(21-7-5-9-23(15-21)29(31)32)19(3)27(17)35-28-18(2)12-14-26(20(28)4)22-8-6-10-24(16-22)30(33)34/h5-16H,1-4H3. The first kappa shape index (κ1) is 23.6. The molecule has 0 saturated carbocycles. The molecule has 7 nitrogen and oxygen atoms in total. The molecular formula is C28H24N2O5. The maximum absolute atomic E-state index is 11.3. The number of non-ortho nitro benzene ring substituents is 2. The quantitative estimate of drug-likeness (QED) is 0.212. The number of rotatable bonds is 6. The van der Waals surface area contributed by atoms with Gasteiger partial charge in [-0.15, -0.1) is 0 Å². The van der Waals surface area contributed by atoms with Gasteiger partial charge in [0, 0.05) is 24.3 Å². The van der Waals surface area contributed by atoms with Gasteiger partial charge in [0.15, 0.2) is 0 Å². The minimum atomic E-state index is -0.406. The second-order valence-corrected chi connectivity index (χ2v) is 8.49. The lowest BCUT2D eigenvalue weighted by molar-refractivity contribution is -0.385. The topological polar surface area (TPSA) is 95.5 Å². The van der Waals surface area contributed by atoms with Crippen LogP contribution in [-0.2, 0) is 0 Å². The van der Waals surface area contributed by atoms with E-state index in [1.54, 1.807) is 24.3 Å². The molecule has 0 radical (unpaired) electrons. The summed E-state index contributed by atoms with van der Waals surface area (Å²) in [4.78, 5) is 21.7. The highest BCUT2D eigenvalue weighted by molar-refractivity contribution is 5.75. The SMILES string of the molecule is Cc1ccc(-c2cccc([N+](=O)[O-])c2)c(C)c1Oc1c(C)ccc(-c2cccc([N+](=O)[O-])c2)c1C. The predicted molar refractivity (Wildman–Crippen MR) is 136 cm³/mol. The van der Waals surface area contributed by atoms with Crippen molar-refractivity contribution in [3.8, 4) is 33.8 Å². The molecule has 0 N–H and O–H groups in total. The number of hydrogen-bond donors (Lipinski definition) is 0. The van der Waals surface area contributed by atoms with Crippen molar-refractivity contribution in [2.75, 3.05) is 0 Å². The average Bonchev–Trinajstić information content (AvgIpc) is 2.83. The van der Waals surface area contributed by atoms with Gasteiger partial charge < -0.3 is 4.74 Å². The predicted octanol–water partition coefficient (Wildman–Crippen LogP) is 7.86. The Kier molecular flexibility index (Phi) is 6.34. The lowest BCUT2D eigenvalue weighted by Crippen LogP contribution is -1.99. The first-order valence-electron chi connectivity index (χ1n) is 11.0. The maximum Gasteiger partial charge on any atom is 0.270 e. The smallest absolute Gasteiger partial charge is 0.270 e. The van der Waals surface area contributed by atoms with Gasteiger partial charge in [-0.25, -0.2) is 0 Å². The van der Waals surface area contributed by atoms with Gasteiger partial charge in [0.1, 0.15) is 11.5 Å². The monoisotopic (exact) mass is 468 g/mol. The molecule has 0 fully saturated rings. The molecule has 0 amide bonds. The zero-order chi connectivity index (χ0) is 25.3. The van der Waals surface area contributed by atoms with Gasteiger partial charge in [0.2, 0.25) is 0 Å². The first-order chi connectivity index (χ1) is 16.7. The number of ether oxygens (including phenoxy) is 1. The number of aryl methyl sites for hydroxylation is 2. The van der Waals surface area contributed by atoms with Gasteiger partial charge in [-0.05, 0) is 72.2 Å². The van der Waals surface area contributed by atoms with Crippen molar-refractivity contribution in [2.24, 2.45) is 0 Å². The summed E-state index contributed by atoms with van der Waals surface area (Å²) in [6.07, 6.45) is 0. The Hall–Kier alpha value is -4.52. The van der Waals surface area contributed by atoms with E-state index >= 15 is 0 Å². The minimum Gasteiger partial charge on any atom is -0.456 e. The Balaban J connectivity index is 1.80. The molecule has 4 rings (SSSR count). The van der Waals surface area contributed by atoms with Gasteiger partial charge >= 0.3 is 0 Å². The van der Waals surface area contributed by atoms with Gasteiger partial charge in [-0.2, -0.15) is 0 Å². The van der Waals surface area contributed by atoms with E-state index < -0.39 is 9.85 Å². The molecule has 0 aromatic heterocycles. The van der Waals surface area contributed by atoms with Crippen molar-refractivity contribution in [1.29, 1.82) is 0 Å². The molecule has 35 heavy (non-hydrogen) atoms. The lowest BCUT2D eigenvalue weighted by atomic mass is 9.96. The van der Waals surface area contributed by atoms with Gasteiger partial charge in [0.05, 0.1) is 9.85 Å². The fraction of sp³-hybridized carbons (Fsp3) is 0.143. The Morgan fingerprint density at radius 2 is 1.00 bits per heavy atom. The average molecular weight is 469 g/mol. The third-order valence-electron chi connectivity index (χ3n) is 6.15. The highest BCUT2D eigenvalue weighted by Gasteiger charge is 2.18. The van der Waals surface area contributed by atoms with Crippen LogP contribution in [0.15, 0.2) is 72.8 Å². The third-order valence-corrected chi connectivity index (χ3v) is 6.15. The van der Waals surface area contributed by atoms with E-state index in [4.69, 9.17) is 4.74 Å². The number of nitro benzene ring substituents is 2. The van der Waals surface area contributed by atoms with E-state index in [1.165, 1.54) is 12.1 Å². The zero-order valence-corrected chi connectivity index (χ0v) is 19.9. The molecule has 0 aliphatic rings. The van der Waals surface area contributed by atoms with Crippen molar-refractivity contribution >= 4 is 11.4 Å². The molecule has 0 atom stereocenters. The van der Waals surface area contributed by atoms with Crippen LogP contribution >= 0.6 is 0 Å². The van der Waals surface area contributed by atoms with Crippen molar-refractivity contribution < 1.29 is 14.6 Å². The van der Waals surface area contributed by atoms with Crippen LogP contribution in [0.5, 0.6) is 11.5 Å². The summed E-state index contributed by atoms with van der Waals surface area (Å²) in [6.45, 7) is 7.78. The highest BCUT2D eigenvalue weighted by Crippen LogP contribution is 2.41. The van der Waals surface area contributed by atoms with Crippen LogP contribution in [0.25, 0.3) is 22.3 Å². The van der Waals surface area contributed by atoms with E-state index in [1.807, 2.05) is 64.1 Å². The maximum atomic E-state index is 11.3. The van der Waals surface area contributed by atoms with Crippen molar-refractivity contribution in [3.05, 3.63) is 115 Å². The summed E-state index contributed by atoms with van der Waals surface area (Å²) in [6, 6.07) is 20.8. The van der Waals surface area contributed by atoms with Gasteiger partial charge in [0.25, 0.3) is 11.4 Å². The van der Waals surface area contributed by atoms with Crippen LogP contribution in [0.4, 0.5) is 11.4 Å². The summed E-state index contributed by atoms with van der Waals surface area (Å²) in [7, 11) is 0. The van der Waals surface area contributed by atoms with Crippen LogP contribution in [-0.4, -0.2) is 9.85 Å². The normalized spacial score (nSPS) is 10.7. The molecule has 0 unspecified atom stereocenters. The molecule has 176 valence electrons. The summed E-state index contributed by atoms with van der Waals surface area (Å²) < 4.78 is 6.51. The van der Waals surface area contributed by atoms with Crippen molar-refractivity contribution in [3.63, 3.8) is 0 Å². The second-order valence-electron chi connectivity index (χ2n) is 8.49. The van der Waals surface area contributed by atoms with E-state index in [0.29, 0.717) is 11.5 Å². The zero-order valence-electron chi connectivity index (χ0n) is 19.9. The van der Waals surface area contributed by atoms with E-state index in [9.17, 15) is 20.2 Å². The Morgan fingerprint density at radius 3 is 1.37 bits per heavy atom. The van der Waals surface area contributed by atoms with E-state index in [2.05, 4.69) is 0 Å². The molecule has 4 aromatic carbocycles. The van der Waals surface area contributed by atoms with Crippen molar-refractivity contribution in [2.45, 2.75) is 27.7 Å². The molecule has 7 heteroatoms. The van der Waals surface area contributed by atoms with Crippen LogP contribution in [0.1, 0.15) is 22.3 Å². The molecule has 0 aliphatic carbocycles. The van der Waals surface area contributed by atoms with E-state index in [-0.39, 0.29) is 11.4 Å². The Labute approximate surface area is 202 Å². The van der Waals surface area contributed by atoms with Crippen LogP contribution in [0.3, 0.4) is 0 Å². The minimum absolute atomic E-state index is 0.0290. The molecule has 0 aliphatic heterocycles. The molecule has 0 spiro atoms.